The third-order valence-electron chi connectivity index (χ3n) is 5.20. The van der Waals surface area contributed by atoms with Gasteiger partial charge in [-0.2, -0.15) is 0 Å². The Kier molecular flexibility index (Phi) is 4.05. The summed E-state index contributed by atoms with van der Waals surface area (Å²) in [4.78, 5) is 3.99. The molecule has 0 radical (unpaired) electrons. The monoisotopic (exact) mass is 307 g/mol. The van der Waals surface area contributed by atoms with Crippen LogP contribution in [0.15, 0.2) is 17.5 Å². The molecule has 4 heteroatoms. The number of ether oxygens (including phenoxy) is 2. The fourth-order valence-corrected chi connectivity index (χ4v) is 4.49. The van der Waals surface area contributed by atoms with Crippen molar-refractivity contribution in [1.29, 1.82) is 0 Å². The van der Waals surface area contributed by atoms with Crippen LogP contribution in [0.2, 0.25) is 0 Å². The SMILES string of the molecule is c1csc(CN2CC3(C2)OCC[C@H]3CCOCC2CC2)c1. The lowest BCUT2D eigenvalue weighted by Gasteiger charge is -2.50. The van der Waals surface area contributed by atoms with Crippen LogP contribution in [0.5, 0.6) is 0 Å². The fraction of sp³-hybridized carbons (Fsp3) is 0.765. The summed E-state index contributed by atoms with van der Waals surface area (Å²) in [5, 5.41) is 2.16. The Balaban J connectivity index is 1.22. The Morgan fingerprint density at radius 2 is 2.24 bits per heavy atom. The summed E-state index contributed by atoms with van der Waals surface area (Å²) in [7, 11) is 0. The molecule has 1 atom stereocenters. The van der Waals surface area contributed by atoms with E-state index in [0.717, 1.165) is 45.4 Å². The maximum absolute atomic E-state index is 6.14. The van der Waals surface area contributed by atoms with Crippen molar-refractivity contribution in [1.82, 2.24) is 4.90 Å². The third kappa shape index (κ3) is 3.19. The molecule has 1 spiro atoms. The molecule has 3 aliphatic rings. The van der Waals surface area contributed by atoms with Crippen molar-refractivity contribution in [2.24, 2.45) is 11.8 Å². The first-order valence-electron chi connectivity index (χ1n) is 8.30. The zero-order valence-electron chi connectivity index (χ0n) is 12.6. The van der Waals surface area contributed by atoms with Gasteiger partial charge in [0.15, 0.2) is 0 Å². The van der Waals surface area contributed by atoms with E-state index in [4.69, 9.17) is 9.47 Å². The molecule has 21 heavy (non-hydrogen) atoms. The van der Waals surface area contributed by atoms with Crippen LogP contribution in [-0.2, 0) is 16.0 Å². The molecule has 0 bridgehead atoms. The fourth-order valence-electron chi connectivity index (χ4n) is 3.75. The molecule has 3 fully saturated rings. The highest BCUT2D eigenvalue weighted by Crippen LogP contribution is 2.42. The van der Waals surface area contributed by atoms with Gasteiger partial charge in [-0.05, 0) is 49.0 Å². The molecule has 116 valence electrons. The van der Waals surface area contributed by atoms with Gasteiger partial charge in [0.1, 0.15) is 0 Å². The number of likely N-dealkylation sites (tertiary alicyclic amines) is 1. The quantitative estimate of drug-likeness (QED) is 0.722. The minimum Gasteiger partial charge on any atom is -0.381 e. The van der Waals surface area contributed by atoms with E-state index in [-0.39, 0.29) is 5.60 Å². The summed E-state index contributed by atoms with van der Waals surface area (Å²) in [5.41, 5.74) is 0.153. The molecule has 2 saturated heterocycles. The van der Waals surface area contributed by atoms with Gasteiger partial charge >= 0.3 is 0 Å². The number of hydrogen-bond donors (Lipinski definition) is 0. The topological polar surface area (TPSA) is 21.7 Å². The summed E-state index contributed by atoms with van der Waals surface area (Å²) in [6.45, 7) is 6.17. The van der Waals surface area contributed by atoms with E-state index in [1.807, 2.05) is 11.3 Å². The van der Waals surface area contributed by atoms with Crippen LogP contribution in [-0.4, -0.2) is 43.4 Å². The van der Waals surface area contributed by atoms with Gasteiger partial charge in [-0.15, -0.1) is 11.3 Å². The van der Waals surface area contributed by atoms with Gasteiger partial charge < -0.3 is 9.47 Å². The highest BCUT2D eigenvalue weighted by Gasteiger charge is 2.52. The summed E-state index contributed by atoms with van der Waals surface area (Å²) in [5.74, 6) is 1.58. The second kappa shape index (κ2) is 5.99. The molecule has 1 aromatic rings. The molecular formula is C17H25NO2S. The largest absolute Gasteiger partial charge is 0.381 e. The summed E-state index contributed by atoms with van der Waals surface area (Å²) < 4.78 is 12.0. The number of hydrogen-bond acceptors (Lipinski definition) is 4. The standard InChI is InChI=1S/C17H25NO2S/c1-2-16(21-9-1)10-18-12-17(13-18)15(6-8-20-17)5-7-19-11-14-3-4-14/h1-2,9,14-15H,3-8,10-13H2/t15-/m1/s1. The number of nitrogens with zero attached hydrogens (tertiary/aromatic N) is 1. The predicted molar refractivity (Wildman–Crippen MR) is 84.5 cm³/mol. The Morgan fingerprint density at radius 1 is 1.33 bits per heavy atom. The van der Waals surface area contributed by atoms with Crippen LogP contribution >= 0.6 is 11.3 Å². The van der Waals surface area contributed by atoms with E-state index < -0.39 is 0 Å². The minimum atomic E-state index is 0.153. The lowest BCUT2D eigenvalue weighted by Crippen LogP contribution is -2.64. The normalized spacial score (nSPS) is 28.1. The molecule has 0 aromatic carbocycles. The van der Waals surface area contributed by atoms with Crippen molar-refractivity contribution < 1.29 is 9.47 Å². The molecule has 1 aromatic heterocycles. The van der Waals surface area contributed by atoms with Crippen LogP contribution in [0, 0.1) is 11.8 Å². The van der Waals surface area contributed by atoms with Gasteiger partial charge in [-0.3, -0.25) is 4.90 Å². The van der Waals surface area contributed by atoms with Crippen LogP contribution in [0.4, 0.5) is 0 Å². The first kappa shape index (κ1) is 14.2. The minimum absolute atomic E-state index is 0.153. The molecule has 1 saturated carbocycles. The molecule has 2 aliphatic heterocycles. The summed E-state index contributed by atoms with van der Waals surface area (Å²) in [6.07, 6.45) is 5.17. The highest BCUT2D eigenvalue weighted by molar-refractivity contribution is 7.09. The van der Waals surface area contributed by atoms with Crippen LogP contribution in [0.1, 0.15) is 30.6 Å². The first-order valence-corrected chi connectivity index (χ1v) is 9.18. The zero-order chi connectivity index (χ0) is 14.1. The second-order valence-corrected chi connectivity index (χ2v) is 7.96. The van der Waals surface area contributed by atoms with Crippen LogP contribution < -0.4 is 0 Å². The number of thiophene rings is 1. The summed E-state index contributed by atoms with van der Waals surface area (Å²) >= 11 is 1.86. The van der Waals surface area contributed by atoms with Gasteiger partial charge in [0.2, 0.25) is 0 Å². The van der Waals surface area contributed by atoms with Crippen molar-refractivity contribution in [3.8, 4) is 0 Å². The van der Waals surface area contributed by atoms with E-state index in [2.05, 4.69) is 22.4 Å². The number of rotatable bonds is 7. The van der Waals surface area contributed by atoms with Gasteiger partial charge in [0.25, 0.3) is 0 Å². The lowest BCUT2D eigenvalue weighted by molar-refractivity contribution is -0.138. The van der Waals surface area contributed by atoms with Crippen molar-refractivity contribution in [3.63, 3.8) is 0 Å². The second-order valence-electron chi connectivity index (χ2n) is 6.93. The molecular weight excluding hydrogens is 282 g/mol. The Hall–Kier alpha value is -0.420. The van der Waals surface area contributed by atoms with Crippen molar-refractivity contribution >= 4 is 11.3 Å². The molecule has 0 amide bonds. The Morgan fingerprint density at radius 3 is 3.00 bits per heavy atom. The summed E-state index contributed by atoms with van der Waals surface area (Å²) in [6, 6.07) is 4.37. The maximum Gasteiger partial charge on any atom is 0.0964 e. The van der Waals surface area contributed by atoms with Crippen molar-refractivity contribution in [3.05, 3.63) is 22.4 Å². The molecule has 1 aliphatic carbocycles. The molecule has 4 rings (SSSR count). The van der Waals surface area contributed by atoms with Crippen LogP contribution in [0.3, 0.4) is 0 Å². The maximum atomic E-state index is 6.14. The van der Waals surface area contributed by atoms with Crippen molar-refractivity contribution in [2.75, 3.05) is 32.9 Å². The van der Waals surface area contributed by atoms with E-state index in [1.54, 1.807) is 0 Å². The first-order chi connectivity index (χ1) is 10.3. The van der Waals surface area contributed by atoms with Crippen molar-refractivity contribution in [2.45, 2.75) is 37.8 Å². The molecule has 3 heterocycles. The zero-order valence-corrected chi connectivity index (χ0v) is 13.4. The Bertz CT molecular complexity index is 451. The van der Waals surface area contributed by atoms with Gasteiger partial charge in [-0.1, -0.05) is 6.07 Å². The van der Waals surface area contributed by atoms with E-state index in [1.165, 1.54) is 30.6 Å². The van der Waals surface area contributed by atoms with Gasteiger partial charge in [0, 0.05) is 44.3 Å². The smallest absolute Gasteiger partial charge is 0.0964 e. The molecule has 0 N–H and O–H groups in total. The van der Waals surface area contributed by atoms with Gasteiger partial charge in [0.05, 0.1) is 5.60 Å². The van der Waals surface area contributed by atoms with Gasteiger partial charge in [-0.25, -0.2) is 0 Å². The van der Waals surface area contributed by atoms with E-state index >= 15 is 0 Å². The predicted octanol–water partition coefficient (Wildman–Crippen LogP) is 3.16. The Labute approximate surface area is 131 Å². The van der Waals surface area contributed by atoms with E-state index in [9.17, 15) is 0 Å². The third-order valence-corrected chi connectivity index (χ3v) is 6.06. The van der Waals surface area contributed by atoms with E-state index in [0.29, 0.717) is 5.92 Å². The average molecular weight is 307 g/mol. The average Bonchev–Trinajstić information content (AvgIpc) is 2.96. The van der Waals surface area contributed by atoms with Crippen LogP contribution in [0.25, 0.3) is 0 Å². The highest BCUT2D eigenvalue weighted by atomic mass is 32.1. The molecule has 3 nitrogen and oxygen atoms in total. The lowest BCUT2D eigenvalue weighted by atomic mass is 9.79. The molecule has 0 unspecified atom stereocenters.